The molecule has 11 N–H and O–H groups in total. The van der Waals surface area contributed by atoms with Crippen LogP contribution in [0.1, 0.15) is 310 Å². The van der Waals surface area contributed by atoms with E-state index in [1.165, 1.54) is 161 Å². The standard InChI is InChI=1S/C72H135O24P/c1-4-7-10-13-16-19-22-24-26-27-28-30-33-35-38-41-44-47-57(75)89-52-55-60(78)62(80)67(85)72(93-55)95-69-65(83)63(81)64(82)68(94-71-66(84)61(79)59(77)54(49-73)92-71)70(69)96-97(86,87)90-51-53(91-58(76)48-45-42-39-36-31-21-18-15-12-9-6-3)50-88-56(74)46-43-40-37-34-32-29-25-23-20-17-14-11-8-5-2/h53-55,59-73,77-85H,4-52H2,1-3H3,(H,86,87). The third kappa shape index (κ3) is 37.8. The number of aliphatic hydroxyl groups excluding tert-OH is 10. The van der Waals surface area contributed by atoms with Crippen LogP contribution in [0.4, 0.5) is 0 Å². The Morgan fingerprint density at radius 1 is 0.361 bits per heavy atom. The first-order valence-corrected chi connectivity index (χ1v) is 39.8. The molecule has 0 aromatic carbocycles. The summed E-state index contributed by atoms with van der Waals surface area (Å²) in [7, 11) is -5.69. The summed E-state index contributed by atoms with van der Waals surface area (Å²) in [5.41, 5.74) is 0. The highest BCUT2D eigenvalue weighted by Gasteiger charge is 2.58. The zero-order valence-corrected chi connectivity index (χ0v) is 60.5. The number of rotatable bonds is 60. The number of phosphoric ester groups is 1. The lowest BCUT2D eigenvalue weighted by atomic mass is 9.84. The van der Waals surface area contributed by atoms with Crippen molar-refractivity contribution in [2.45, 2.75) is 414 Å². The maximum Gasteiger partial charge on any atom is 0.472 e. The zero-order chi connectivity index (χ0) is 71.1. The summed E-state index contributed by atoms with van der Waals surface area (Å²) >= 11 is 0. The minimum atomic E-state index is -5.69. The zero-order valence-electron chi connectivity index (χ0n) is 59.6. The van der Waals surface area contributed by atoms with Crippen molar-refractivity contribution >= 4 is 25.7 Å². The van der Waals surface area contributed by atoms with E-state index in [4.69, 9.17) is 42.2 Å². The van der Waals surface area contributed by atoms with Crippen LogP contribution in [0, 0.1) is 0 Å². The number of hydrogen-bond acceptors (Lipinski definition) is 23. The van der Waals surface area contributed by atoms with Crippen molar-refractivity contribution < 1.29 is 117 Å². The van der Waals surface area contributed by atoms with Crippen LogP contribution in [0.25, 0.3) is 0 Å². The second-order valence-electron chi connectivity index (χ2n) is 27.7. The highest BCUT2D eigenvalue weighted by Crippen LogP contribution is 2.49. The lowest BCUT2D eigenvalue weighted by molar-refractivity contribution is -0.360. The highest BCUT2D eigenvalue weighted by molar-refractivity contribution is 7.47. The Kier molecular flexibility index (Phi) is 50.2. The number of carbonyl (C=O) groups is 3. The predicted octanol–water partition coefficient (Wildman–Crippen LogP) is 10.6. The van der Waals surface area contributed by atoms with Gasteiger partial charge in [0.05, 0.1) is 13.2 Å². The van der Waals surface area contributed by atoms with Crippen LogP contribution in [0.5, 0.6) is 0 Å². The van der Waals surface area contributed by atoms with Gasteiger partial charge in [-0.25, -0.2) is 4.57 Å². The molecule has 25 heteroatoms. The molecule has 24 nitrogen and oxygen atoms in total. The van der Waals surface area contributed by atoms with Crippen molar-refractivity contribution in [1.29, 1.82) is 0 Å². The molecule has 18 atom stereocenters. The molecule has 3 fully saturated rings. The Balaban J connectivity index is 1.71. The minimum Gasteiger partial charge on any atom is -0.463 e. The van der Waals surface area contributed by atoms with Gasteiger partial charge in [0.25, 0.3) is 0 Å². The average Bonchev–Trinajstić information content (AvgIpc) is 0.763. The molecule has 1 saturated carbocycles. The fourth-order valence-corrected chi connectivity index (χ4v) is 13.8. The molecule has 2 aliphatic heterocycles. The van der Waals surface area contributed by atoms with Crippen molar-refractivity contribution in [2.75, 3.05) is 26.4 Å². The van der Waals surface area contributed by atoms with E-state index < -0.39 is 156 Å². The average molecular weight is 1420 g/mol. The van der Waals surface area contributed by atoms with Crippen LogP contribution in [-0.4, -0.2) is 204 Å². The summed E-state index contributed by atoms with van der Waals surface area (Å²) in [6.45, 7) is 3.46. The van der Waals surface area contributed by atoms with Crippen LogP contribution in [0.2, 0.25) is 0 Å². The monoisotopic (exact) mass is 1410 g/mol. The van der Waals surface area contributed by atoms with Gasteiger partial charge < -0.3 is 89.1 Å². The molecule has 97 heavy (non-hydrogen) atoms. The van der Waals surface area contributed by atoms with E-state index in [9.17, 15) is 74.9 Å². The van der Waals surface area contributed by atoms with Gasteiger partial charge in [0.15, 0.2) is 18.7 Å². The van der Waals surface area contributed by atoms with Crippen LogP contribution in [0.3, 0.4) is 0 Å². The van der Waals surface area contributed by atoms with E-state index in [1.54, 1.807) is 0 Å². The number of esters is 3. The Morgan fingerprint density at radius 3 is 1.01 bits per heavy atom. The van der Waals surface area contributed by atoms with Crippen molar-refractivity contribution in [2.24, 2.45) is 0 Å². The molecule has 18 unspecified atom stereocenters. The van der Waals surface area contributed by atoms with E-state index in [-0.39, 0.29) is 19.3 Å². The molecule has 1 aliphatic carbocycles. The van der Waals surface area contributed by atoms with Gasteiger partial charge in [0.2, 0.25) is 0 Å². The largest absolute Gasteiger partial charge is 0.472 e. The Bertz CT molecular complexity index is 2010. The minimum absolute atomic E-state index is 0.0340. The molecule has 0 amide bonds. The molecule has 0 radical (unpaired) electrons. The number of unbranched alkanes of at least 4 members (excludes halogenated alkanes) is 39. The first-order chi connectivity index (χ1) is 46.8. The van der Waals surface area contributed by atoms with Gasteiger partial charge in [-0.3, -0.25) is 23.4 Å². The van der Waals surface area contributed by atoms with Gasteiger partial charge in [0.1, 0.15) is 98.7 Å². The molecule has 2 heterocycles. The van der Waals surface area contributed by atoms with Gasteiger partial charge in [-0.05, 0) is 19.3 Å². The van der Waals surface area contributed by atoms with Crippen LogP contribution < -0.4 is 0 Å². The third-order valence-electron chi connectivity index (χ3n) is 19.1. The number of phosphoric acid groups is 1. The fraction of sp³-hybridized carbons (Fsp3) is 0.958. The second-order valence-corrected chi connectivity index (χ2v) is 29.1. The van der Waals surface area contributed by atoms with Crippen LogP contribution >= 0.6 is 7.82 Å². The smallest absolute Gasteiger partial charge is 0.463 e. The Morgan fingerprint density at radius 2 is 0.660 bits per heavy atom. The quantitative estimate of drug-likeness (QED) is 0.0117. The molecule has 3 aliphatic rings. The molecular formula is C72H135O24P. The van der Waals surface area contributed by atoms with Gasteiger partial charge in [0, 0.05) is 19.3 Å². The van der Waals surface area contributed by atoms with Gasteiger partial charge in [-0.2, -0.15) is 0 Å². The number of ether oxygens (including phenoxy) is 7. The first-order valence-electron chi connectivity index (χ1n) is 38.3. The lowest BCUT2D eigenvalue weighted by Crippen LogP contribution is -2.69. The SMILES string of the molecule is CCCCCCCCCCCCCCCCCCCC(=O)OCC1OC(OC2C(O)C(O)C(O)C(OC3OC(CO)C(O)C(O)C3O)C2OP(=O)(O)OCC(COC(=O)CCCCCCCCCCCCCCCC)OC(=O)CCCCCCCCCCCCC)C(O)C(O)C1O. The number of carbonyl (C=O) groups excluding carboxylic acids is 3. The maximum absolute atomic E-state index is 14.3. The summed E-state index contributed by atoms with van der Waals surface area (Å²) in [6.07, 6.45) is 11.7. The van der Waals surface area contributed by atoms with E-state index in [0.29, 0.717) is 19.3 Å². The predicted molar refractivity (Wildman–Crippen MR) is 365 cm³/mol. The summed E-state index contributed by atoms with van der Waals surface area (Å²) in [5.74, 6) is -1.97. The van der Waals surface area contributed by atoms with Gasteiger partial charge in [-0.1, -0.05) is 271 Å². The molecule has 0 spiro atoms. The van der Waals surface area contributed by atoms with Crippen molar-refractivity contribution in [3.05, 3.63) is 0 Å². The summed E-state index contributed by atoms with van der Waals surface area (Å²) in [5, 5.41) is 110. The maximum atomic E-state index is 14.3. The van der Waals surface area contributed by atoms with Crippen molar-refractivity contribution in [3.8, 4) is 0 Å². The molecule has 3 rings (SSSR count). The molecule has 0 aromatic rings. The summed E-state index contributed by atoms with van der Waals surface area (Å²) < 4.78 is 65.0. The molecule has 0 bridgehead atoms. The molecule has 572 valence electrons. The molecule has 2 saturated heterocycles. The number of hydrogen-bond donors (Lipinski definition) is 11. The van der Waals surface area contributed by atoms with Crippen LogP contribution in [0.15, 0.2) is 0 Å². The normalized spacial score (nSPS) is 27.7. The fourth-order valence-electron chi connectivity index (χ4n) is 12.9. The van der Waals surface area contributed by atoms with E-state index >= 15 is 0 Å². The topological polar surface area (TPSA) is 374 Å². The third-order valence-corrected chi connectivity index (χ3v) is 20.1. The Labute approximate surface area is 580 Å². The first kappa shape index (κ1) is 89.2. The summed E-state index contributed by atoms with van der Waals surface area (Å²) in [6, 6.07) is 0. The Hall–Kier alpha value is -2.04. The summed E-state index contributed by atoms with van der Waals surface area (Å²) in [4.78, 5) is 50.9. The van der Waals surface area contributed by atoms with E-state index in [1.807, 2.05) is 0 Å². The van der Waals surface area contributed by atoms with Crippen molar-refractivity contribution in [1.82, 2.24) is 0 Å². The van der Waals surface area contributed by atoms with Crippen LogP contribution in [-0.2, 0) is 61.2 Å². The highest BCUT2D eigenvalue weighted by atomic mass is 31.2. The second kappa shape index (κ2) is 54.6. The van der Waals surface area contributed by atoms with Crippen molar-refractivity contribution in [3.63, 3.8) is 0 Å². The van der Waals surface area contributed by atoms with Gasteiger partial charge in [-0.15, -0.1) is 0 Å². The molecular weight excluding hydrogens is 1280 g/mol. The number of aliphatic hydroxyl groups is 10. The molecule has 0 aromatic heterocycles. The van der Waals surface area contributed by atoms with Gasteiger partial charge >= 0.3 is 25.7 Å². The lowest BCUT2D eigenvalue weighted by Gasteiger charge is -2.49. The van der Waals surface area contributed by atoms with E-state index in [2.05, 4.69) is 20.8 Å². The van der Waals surface area contributed by atoms with E-state index in [0.717, 1.165) is 89.9 Å².